The van der Waals surface area contributed by atoms with E-state index in [0.29, 0.717) is 0 Å². The molecule has 2 heterocycles. The van der Waals surface area contributed by atoms with Gasteiger partial charge < -0.3 is 10.2 Å². The van der Waals surface area contributed by atoms with E-state index < -0.39 is 0 Å². The number of anilines is 2. The second kappa shape index (κ2) is 8.43. The zero-order chi connectivity index (χ0) is 20.2. The average molecular weight is 386 g/mol. The van der Waals surface area contributed by atoms with E-state index in [4.69, 9.17) is 0 Å². The van der Waals surface area contributed by atoms with Crippen LogP contribution in [-0.4, -0.2) is 29.2 Å². The van der Waals surface area contributed by atoms with Crippen LogP contribution in [0, 0.1) is 19.8 Å². The number of hydrogen-bond donors (Lipinski definition) is 1. The van der Waals surface area contributed by atoms with E-state index in [1.54, 1.807) is 0 Å². The Labute approximate surface area is 171 Å². The first kappa shape index (κ1) is 19.1. The van der Waals surface area contributed by atoms with Crippen LogP contribution in [-0.2, 0) is 4.79 Å². The van der Waals surface area contributed by atoms with Crippen molar-refractivity contribution in [1.82, 2.24) is 10.2 Å². The summed E-state index contributed by atoms with van der Waals surface area (Å²) in [6, 6.07) is 20.2. The molecule has 1 aromatic heterocycles. The van der Waals surface area contributed by atoms with E-state index in [1.807, 2.05) is 49.4 Å². The van der Waals surface area contributed by atoms with Crippen LogP contribution in [0.15, 0.2) is 60.7 Å². The van der Waals surface area contributed by atoms with Crippen LogP contribution in [0.3, 0.4) is 0 Å². The quantitative estimate of drug-likeness (QED) is 0.711. The van der Waals surface area contributed by atoms with Crippen molar-refractivity contribution < 1.29 is 4.79 Å². The number of aromatic nitrogens is 2. The molecule has 5 heteroatoms. The van der Waals surface area contributed by atoms with Crippen molar-refractivity contribution in [3.8, 4) is 11.3 Å². The molecule has 1 amide bonds. The highest BCUT2D eigenvalue weighted by atomic mass is 16.1. The average Bonchev–Trinajstić information content (AvgIpc) is 2.74. The summed E-state index contributed by atoms with van der Waals surface area (Å²) in [5, 5.41) is 11.9. The minimum absolute atomic E-state index is 0.0336. The highest BCUT2D eigenvalue weighted by Gasteiger charge is 2.26. The molecule has 0 saturated carbocycles. The van der Waals surface area contributed by atoms with E-state index in [9.17, 15) is 4.79 Å². The van der Waals surface area contributed by atoms with E-state index >= 15 is 0 Å². The van der Waals surface area contributed by atoms with Crippen LogP contribution in [0.2, 0.25) is 0 Å². The van der Waals surface area contributed by atoms with Crippen molar-refractivity contribution in [2.45, 2.75) is 26.7 Å². The van der Waals surface area contributed by atoms with E-state index in [2.05, 4.69) is 45.5 Å². The summed E-state index contributed by atoms with van der Waals surface area (Å²) in [7, 11) is 0. The normalized spacial score (nSPS) is 14.6. The van der Waals surface area contributed by atoms with Gasteiger partial charge in [-0.2, -0.15) is 0 Å². The summed E-state index contributed by atoms with van der Waals surface area (Å²) in [6.45, 7) is 5.72. The lowest BCUT2D eigenvalue weighted by molar-refractivity contribution is -0.120. The predicted molar refractivity (Wildman–Crippen MR) is 117 cm³/mol. The molecule has 1 saturated heterocycles. The van der Waals surface area contributed by atoms with Gasteiger partial charge in [0.15, 0.2) is 5.82 Å². The maximum atomic E-state index is 12.6. The molecule has 0 bridgehead atoms. The molecular weight excluding hydrogens is 360 g/mol. The molecular formula is C24H26N4O. The van der Waals surface area contributed by atoms with Crippen LogP contribution in [0.1, 0.15) is 24.0 Å². The van der Waals surface area contributed by atoms with Gasteiger partial charge >= 0.3 is 0 Å². The lowest BCUT2D eigenvalue weighted by atomic mass is 9.95. The standard InChI is InChI=1S/C24H26N4O/c1-17-5-3-7-20(15-17)22-9-10-23(27-26-22)28-13-11-19(12-14-28)24(29)25-21-8-4-6-18(2)16-21/h3-10,15-16,19H,11-14H2,1-2H3,(H,25,29). The number of carbonyl (C=O) groups is 1. The summed E-state index contributed by atoms with van der Waals surface area (Å²) in [5.41, 5.74) is 5.18. The van der Waals surface area contributed by atoms with Gasteiger partial charge in [-0.05, 0) is 62.6 Å². The zero-order valence-electron chi connectivity index (χ0n) is 16.9. The molecule has 148 valence electrons. The van der Waals surface area contributed by atoms with Crippen LogP contribution in [0.5, 0.6) is 0 Å². The summed E-state index contributed by atoms with van der Waals surface area (Å²) in [4.78, 5) is 14.8. The van der Waals surface area contributed by atoms with Gasteiger partial charge in [0, 0.05) is 30.3 Å². The molecule has 0 radical (unpaired) electrons. The van der Waals surface area contributed by atoms with Gasteiger partial charge in [0.25, 0.3) is 0 Å². The van der Waals surface area contributed by atoms with E-state index in [1.165, 1.54) is 5.56 Å². The fourth-order valence-electron chi connectivity index (χ4n) is 3.79. The highest BCUT2D eigenvalue weighted by Crippen LogP contribution is 2.25. The SMILES string of the molecule is Cc1cccc(NC(=O)C2CCN(c3ccc(-c4cccc(C)c4)nn3)CC2)c1. The van der Waals surface area contributed by atoms with Crippen molar-refractivity contribution in [2.24, 2.45) is 5.92 Å². The minimum Gasteiger partial charge on any atom is -0.355 e. The maximum Gasteiger partial charge on any atom is 0.227 e. The summed E-state index contributed by atoms with van der Waals surface area (Å²) in [5.74, 6) is 1.02. The third kappa shape index (κ3) is 4.62. The Morgan fingerprint density at radius 2 is 1.66 bits per heavy atom. The molecule has 0 unspecified atom stereocenters. The number of nitrogens with one attached hydrogen (secondary N) is 1. The van der Waals surface area contributed by atoms with Gasteiger partial charge in [0.2, 0.25) is 5.91 Å². The molecule has 5 nitrogen and oxygen atoms in total. The van der Waals surface area contributed by atoms with Gasteiger partial charge in [-0.15, -0.1) is 10.2 Å². The number of benzene rings is 2. The van der Waals surface area contributed by atoms with Crippen molar-refractivity contribution in [3.63, 3.8) is 0 Å². The van der Waals surface area contributed by atoms with E-state index in [-0.39, 0.29) is 11.8 Å². The fourth-order valence-corrected chi connectivity index (χ4v) is 3.79. The molecule has 3 aromatic rings. The molecule has 0 atom stereocenters. The zero-order valence-corrected chi connectivity index (χ0v) is 16.9. The Balaban J connectivity index is 1.35. The fraction of sp³-hybridized carbons (Fsp3) is 0.292. The minimum atomic E-state index is 0.0336. The number of hydrogen-bond acceptors (Lipinski definition) is 4. The van der Waals surface area contributed by atoms with Crippen molar-refractivity contribution in [3.05, 3.63) is 71.8 Å². The number of aryl methyl sites for hydroxylation is 2. The second-order valence-electron chi connectivity index (χ2n) is 7.77. The Morgan fingerprint density at radius 3 is 2.31 bits per heavy atom. The Kier molecular flexibility index (Phi) is 5.56. The van der Waals surface area contributed by atoms with Crippen molar-refractivity contribution in [1.29, 1.82) is 0 Å². The summed E-state index contributed by atoms with van der Waals surface area (Å²) < 4.78 is 0. The lowest BCUT2D eigenvalue weighted by Crippen LogP contribution is -2.38. The predicted octanol–water partition coefficient (Wildman–Crippen LogP) is 4.62. The van der Waals surface area contributed by atoms with Gasteiger partial charge in [0.1, 0.15) is 0 Å². The van der Waals surface area contributed by atoms with Crippen LogP contribution in [0.4, 0.5) is 11.5 Å². The largest absolute Gasteiger partial charge is 0.355 e. The third-order valence-electron chi connectivity index (χ3n) is 5.44. The number of amides is 1. The molecule has 4 rings (SSSR count). The van der Waals surface area contributed by atoms with Gasteiger partial charge in [-0.1, -0.05) is 35.9 Å². The van der Waals surface area contributed by atoms with Crippen molar-refractivity contribution >= 4 is 17.4 Å². The molecule has 0 spiro atoms. The molecule has 2 aromatic carbocycles. The molecule has 0 aliphatic carbocycles. The maximum absolute atomic E-state index is 12.6. The first-order valence-corrected chi connectivity index (χ1v) is 10.1. The first-order chi connectivity index (χ1) is 14.1. The summed E-state index contributed by atoms with van der Waals surface area (Å²) in [6.07, 6.45) is 1.64. The number of piperidine rings is 1. The van der Waals surface area contributed by atoms with Gasteiger partial charge in [-0.25, -0.2) is 0 Å². The first-order valence-electron chi connectivity index (χ1n) is 10.1. The number of carbonyl (C=O) groups excluding carboxylic acids is 1. The third-order valence-corrected chi connectivity index (χ3v) is 5.44. The second-order valence-corrected chi connectivity index (χ2v) is 7.77. The number of rotatable bonds is 4. The van der Waals surface area contributed by atoms with Gasteiger partial charge in [0.05, 0.1) is 5.69 Å². The Hall–Kier alpha value is -3.21. The lowest BCUT2D eigenvalue weighted by Gasteiger charge is -2.31. The Morgan fingerprint density at radius 1 is 0.931 bits per heavy atom. The summed E-state index contributed by atoms with van der Waals surface area (Å²) >= 11 is 0. The van der Waals surface area contributed by atoms with Crippen LogP contribution in [0.25, 0.3) is 11.3 Å². The molecule has 1 aliphatic rings. The number of nitrogens with zero attached hydrogens (tertiary/aromatic N) is 3. The monoisotopic (exact) mass is 386 g/mol. The molecule has 1 N–H and O–H groups in total. The molecule has 29 heavy (non-hydrogen) atoms. The van der Waals surface area contributed by atoms with Gasteiger partial charge in [-0.3, -0.25) is 4.79 Å². The molecule has 1 fully saturated rings. The van der Waals surface area contributed by atoms with Crippen LogP contribution < -0.4 is 10.2 Å². The van der Waals surface area contributed by atoms with E-state index in [0.717, 1.165) is 54.3 Å². The topological polar surface area (TPSA) is 58.1 Å². The van der Waals surface area contributed by atoms with Crippen LogP contribution >= 0.6 is 0 Å². The smallest absolute Gasteiger partial charge is 0.227 e. The van der Waals surface area contributed by atoms with Crippen molar-refractivity contribution in [2.75, 3.05) is 23.3 Å². The Bertz CT molecular complexity index is 992. The highest BCUT2D eigenvalue weighted by molar-refractivity contribution is 5.92. The molecule has 1 aliphatic heterocycles.